The van der Waals surface area contributed by atoms with Crippen molar-refractivity contribution in [2.24, 2.45) is 12.0 Å². The summed E-state index contributed by atoms with van der Waals surface area (Å²) in [4.78, 5) is 8.60. The molecule has 0 aromatic carbocycles. The monoisotopic (exact) mass is 268 g/mol. The van der Waals surface area contributed by atoms with E-state index in [0.717, 1.165) is 44.5 Å². The second-order valence-corrected chi connectivity index (χ2v) is 3.97. The van der Waals surface area contributed by atoms with Gasteiger partial charge in [-0.15, -0.1) is 0 Å². The molecular weight excluding hydrogens is 244 g/mol. The van der Waals surface area contributed by atoms with E-state index in [-0.39, 0.29) is 0 Å². The van der Waals surface area contributed by atoms with Gasteiger partial charge in [0.05, 0.1) is 0 Å². The maximum atomic E-state index is 5.29. The van der Waals surface area contributed by atoms with Crippen LogP contribution in [-0.4, -0.2) is 47.0 Å². The van der Waals surface area contributed by atoms with E-state index in [4.69, 9.17) is 4.74 Å². The first-order chi connectivity index (χ1) is 9.27. The van der Waals surface area contributed by atoms with Crippen molar-refractivity contribution in [1.29, 1.82) is 0 Å². The van der Waals surface area contributed by atoms with Crippen LogP contribution in [-0.2, 0) is 18.3 Å². The van der Waals surface area contributed by atoms with Crippen LogP contribution < -0.4 is 10.6 Å². The van der Waals surface area contributed by atoms with E-state index in [1.54, 1.807) is 4.68 Å². The molecule has 0 radical (unpaired) electrons. The third-order valence-electron chi connectivity index (χ3n) is 2.49. The first-order valence-corrected chi connectivity index (χ1v) is 6.70. The lowest BCUT2D eigenvalue weighted by molar-refractivity contribution is 0.145. The number of guanidine groups is 1. The van der Waals surface area contributed by atoms with Crippen LogP contribution in [0.2, 0.25) is 0 Å². The zero-order chi connectivity index (χ0) is 13.9. The Labute approximate surface area is 114 Å². The van der Waals surface area contributed by atoms with Gasteiger partial charge in [0.2, 0.25) is 0 Å². The number of aryl methyl sites for hydroxylation is 1. The fourth-order valence-corrected chi connectivity index (χ4v) is 1.48. The van der Waals surface area contributed by atoms with Crippen LogP contribution in [0.4, 0.5) is 0 Å². The highest BCUT2D eigenvalue weighted by Crippen LogP contribution is 1.93. The van der Waals surface area contributed by atoms with Crippen molar-refractivity contribution in [3.63, 3.8) is 0 Å². The highest BCUT2D eigenvalue weighted by Gasteiger charge is 2.01. The standard InChI is InChI=1S/C12H24N6O/c1-4-13-12(14-7-6-8-19-5-2)15-9-11-16-10-17-18(11)3/h10H,4-9H2,1-3H3,(H2,13,14,15). The zero-order valence-electron chi connectivity index (χ0n) is 12.0. The van der Waals surface area contributed by atoms with E-state index in [0.29, 0.717) is 6.54 Å². The molecule has 0 amide bonds. The van der Waals surface area contributed by atoms with E-state index < -0.39 is 0 Å². The SMILES string of the molecule is CCNC(=NCc1ncnn1C)NCCCOCC. The fraction of sp³-hybridized carbons (Fsp3) is 0.750. The number of aromatic nitrogens is 3. The van der Waals surface area contributed by atoms with Gasteiger partial charge in [-0.1, -0.05) is 0 Å². The highest BCUT2D eigenvalue weighted by molar-refractivity contribution is 5.79. The smallest absolute Gasteiger partial charge is 0.191 e. The summed E-state index contributed by atoms with van der Waals surface area (Å²) >= 11 is 0. The van der Waals surface area contributed by atoms with E-state index in [2.05, 4.69) is 25.7 Å². The summed E-state index contributed by atoms with van der Waals surface area (Å²) < 4.78 is 7.01. The third kappa shape index (κ3) is 6.19. The molecular formula is C12H24N6O. The lowest BCUT2D eigenvalue weighted by Crippen LogP contribution is -2.38. The lowest BCUT2D eigenvalue weighted by Gasteiger charge is -2.11. The molecule has 1 heterocycles. The number of nitrogens with one attached hydrogen (secondary N) is 2. The second kappa shape index (κ2) is 9.32. The molecule has 108 valence electrons. The summed E-state index contributed by atoms with van der Waals surface area (Å²) in [6.07, 6.45) is 2.50. The summed E-state index contributed by atoms with van der Waals surface area (Å²) in [5.74, 6) is 1.63. The molecule has 0 aliphatic heterocycles. The van der Waals surface area contributed by atoms with Gasteiger partial charge in [-0.2, -0.15) is 5.10 Å². The minimum Gasteiger partial charge on any atom is -0.382 e. The first kappa shape index (κ1) is 15.4. The van der Waals surface area contributed by atoms with Crippen LogP contribution in [0.15, 0.2) is 11.3 Å². The van der Waals surface area contributed by atoms with Gasteiger partial charge in [-0.25, -0.2) is 9.98 Å². The Hall–Kier alpha value is -1.63. The zero-order valence-corrected chi connectivity index (χ0v) is 12.0. The van der Waals surface area contributed by atoms with Crippen molar-refractivity contribution in [2.45, 2.75) is 26.8 Å². The minimum atomic E-state index is 0.511. The lowest BCUT2D eigenvalue weighted by atomic mass is 10.4. The largest absolute Gasteiger partial charge is 0.382 e. The predicted octanol–water partition coefficient (Wildman–Crippen LogP) is 0.297. The van der Waals surface area contributed by atoms with E-state index in [1.165, 1.54) is 6.33 Å². The fourth-order valence-electron chi connectivity index (χ4n) is 1.48. The molecule has 0 unspecified atom stereocenters. The quantitative estimate of drug-likeness (QED) is 0.403. The first-order valence-electron chi connectivity index (χ1n) is 6.70. The molecule has 7 heteroatoms. The molecule has 19 heavy (non-hydrogen) atoms. The van der Waals surface area contributed by atoms with Crippen LogP contribution >= 0.6 is 0 Å². The van der Waals surface area contributed by atoms with Crippen LogP contribution in [0.3, 0.4) is 0 Å². The molecule has 0 saturated carbocycles. The number of aliphatic imine (C=N–C) groups is 1. The maximum Gasteiger partial charge on any atom is 0.191 e. The van der Waals surface area contributed by atoms with E-state index >= 15 is 0 Å². The number of nitrogens with zero attached hydrogens (tertiary/aromatic N) is 4. The molecule has 0 saturated heterocycles. The van der Waals surface area contributed by atoms with Crippen LogP contribution in [0.5, 0.6) is 0 Å². The van der Waals surface area contributed by atoms with Crippen molar-refractivity contribution < 1.29 is 4.74 Å². The molecule has 0 atom stereocenters. The van der Waals surface area contributed by atoms with E-state index in [1.807, 2.05) is 20.9 Å². The molecule has 1 aromatic heterocycles. The molecule has 0 spiro atoms. The average Bonchev–Trinajstić information content (AvgIpc) is 2.81. The second-order valence-electron chi connectivity index (χ2n) is 3.97. The number of hydrogen-bond donors (Lipinski definition) is 2. The molecule has 1 aromatic rings. The molecule has 0 fully saturated rings. The predicted molar refractivity (Wildman–Crippen MR) is 74.9 cm³/mol. The Bertz CT molecular complexity index is 376. The Balaban J connectivity index is 2.36. The molecule has 2 N–H and O–H groups in total. The highest BCUT2D eigenvalue weighted by atomic mass is 16.5. The Morgan fingerprint density at radius 3 is 2.89 bits per heavy atom. The van der Waals surface area contributed by atoms with Crippen molar-refractivity contribution in [3.05, 3.63) is 12.2 Å². The average molecular weight is 268 g/mol. The van der Waals surface area contributed by atoms with Crippen molar-refractivity contribution in [3.8, 4) is 0 Å². The number of ether oxygens (including phenoxy) is 1. The number of rotatable bonds is 8. The summed E-state index contributed by atoms with van der Waals surface area (Å²) in [6, 6.07) is 0. The molecule has 7 nitrogen and oxygen atoms in total. The third-order valence-corrected chi connectivity index (χ3v) is 2.49. The summed E-state index contributed by atoms with van der Waals surface area (Å²) in [5, 5.41) is 10.5. The Morgan fingerprint density at radius 2 is 2.26 bits per heavy atom. The van der Waals surface area contributed by atoms with Crippen LogP contribution in [0.1, 0.15) is 26.1 Å². The van der Waals surface area contributed by atoms with Gasteiger partial charge in [0, 0.05) is 33.4 Å². The van der Waals surface area contributed by atoms with E-state index in [9.17, 15) is 0 Å². The van der Waals surface area contributed by atoms with Crippen LogP contribution in [0, 0.1) is 0 Å². The van der Waals surface area contributed by atoms with Gasteiger partial charge in [-0.3, -0.25) is 4.68 Å². The van der Waals surface area contributed by atoms with Gasteiger partial charge in [-0.05, 0) is 20.3 Å². The Kier molecular flexibility index (Phi) is 7.57. The molecule has 0 bridgehead atoms. The summed E-state index contributed by atoms with van der Waals surface area (Å²) in [6.45, 7) is 7.75. The summed E-state index contributed by atoms with van der Waals surface area (Å²) in [5.41, 5.74) is 0. The number of hydrogen-bond acceptors (Lipinski definition) is 4. The molecule has 0 aliphatic carbocycles. The van der Waals surface area contributed by atoms with Gasteiger partial charge in [0.25, 0.3) is 0 Å². The minimum absolute atomic E-state index is 0.511. The normalized spacial score (nSPS) is 11.6. The topological polar surface area (TPSA) is 76.4 Å². The van der Waals surface area contributed by atoms with Crippen molar-refractivity contribution in [2.75, 3.05) is 26.3 Å². The van der Waals surface area contributed by atoms with Gasteiger partial charge in [0.1, 0.15) is 18.7 Å². The van der Waals surface area contributed by atoms with Crippen molar-refractivity contribution in [1.82, 2.24) is 25.4 Å². The Morgan fingerprint density at radius 1 is 1.42 bits per heavy atom. The van der Waals surface area contributed by atoms with Gasteiger partial charge >= 0.3 is 0 Å². The maximum absolute atomic E-state index is 5.29. The van der Waals surface area contributed by atoms with Crippen molar-refractivity contribution >= 4 is 5.96 Å². The summed E-state index contributed by atoms with van der Waals surface area (Å²) in [7, 11) is 1.86. The van der Waals surface area contributed by atoms with Gasteiger partial charge < -0.3 is 15.4 Å². The van der Waals surface area contributed by atoms with Gasteiger partial charge in [0.15, 0.2) is 5.96 Å². The molecule has 1 rings (SSSR count). The van der Waals surface area contributed by atoms with Crippen LogP contribution in [0.25, 0.3) is 0 Å². The molecule has 0 aliphatic rings.